The maximum atomic E-state index is 14.4. The second-order valence-corrected chi connectivity index (χ2v) is 6.45. The lowest BCUT2D eigenvalue weighted by atomic mass is 9.96. The molecule has 4 nitrogen and oxygen atoms in total. The third-order valence-electron chi connectivity index (χ3n) is 4.92. The Morgan fingerprint density at radius 1 is 0.964 bits per heavy atom. The van der Waals surface area contributed by atoms with E-state index in [9.17, 15) is 18.7 Å². The van der Waals surface area contributed by atoms with Crippen molar-refractivity contribution >= 4 is 27.8 Å². The van der Waals surface area contributed by atoms with Crippen molar-refractivity contribution < 1.29 is 28.0 Å². The van der Waals surface area contributed by atoms with Gasteiger partial charge >= 0.3 is 5.97 Å². The highest BCUT2D eigenvalue weighted by molar-refractivity contribution is 6.13. The number of carbonyl (C=O) groups is 1. The number of aromatic carboxylic acids is 1. The summed E-state index contributed by atoms with van der Waals surface area (Å²) in [4.78, 5) is 12.1. The average Bonchev–Trinajstić information content (AvgIpc) is 2.67. The molecular weight excluding hydrogens is 364 g/mol. The van der Waals surface area contributed by atoms with Crippen molar-refractivity contribution in [3.63, 3.8) is 0 Å². The number of carboxylic acids is 1. The van der Waals surface area contributed by atoms with Gasteiger partial charge in [0.05, 0.1) is 29.5 Å². The van der Waals surface area contributed by atoms with Gasteiger partial charge in [-0.3, -0.25) is 0 Å². The second-order valence-electron chi connectivity index (χ2n) is 6.45. The van der Waals surface area contributed by atoms with Gasteiger partial charge in [-0.15, -0.1) is 0 Å². The number of hydrogen-bond donors (Lipinski definition) is 1. The zero-order valence-corrected chi connectivity index (χ0v) is 15.2. The van der Waals surface area contributed by atoms with Crippen LogP contribution >= 0.6 is 0 Å². The number of aromatic nitrogens is 1. The van der Waals surface area contributed by atoms with Crippen molar-refractivity contribution in [2.45, 2.75) is 0 Å². The predicted octanol–water partition coefficient (Wildman–Crippen LogP) is 4.47. The van der Waals surface area contributed by atoms with Crippen molar-refractivity contribution in [1.29, 1.82) is 0 Å². The topological polar surface area (TPSA) is 50.4 Å². The summed E-state index contributed by atoms with van der Waals surface area (Å²) in [6.45, 7) is 0. The molecule has 3 aromatic carbocycles. The number of carboxylic acid groups (broad SMARTS) is 1. The normalized spacial score (nSPS) is 11.1. The SMILES string of the molecule is COc1cc2c(cc1-c1ccc(F)cc1F)c(C(=O)O)c1ccccc1[n+]2C. The second kappa shape index (κ2) is 6.56. The molecule has 1 aromatic heterocycles. The number of pyridine rings is 1. The fourth-order valence-corrected chi connectivity index (χ4v) is 3.62. The number of rotatable bonds is 3. The zero-order chi connectivity index (χ0) is 20.0. The molecule has 28 heavy (non-hydrogen) atoms. The standard InChI is InChI=1S/C22H15F2NO3/c1-25-18-6-4-3-5-14(18)21(22(26)27)16-10-15(20(28-2)11-19(16)25)13-8-7-12(23)9-17(13)24/h3-11H,1-2H3/p+1. The Hall–Kier alpha value is -3.54. The van der Waals surface area contributed by atoms with E-state index in [4.69, 9.17) is 4.74 Å². The van der Waals surface area contributed by atoms with Crippen LogP contribution in [0.5, 0.6) is 5.75 Å². The molecular formula is C22H16F2NO3+. The van der Waals surface area contributed by atoms with E-state index in [1.807, 2.05) is 23.7 Å². The molecule has 1 heterocycles. The molecule has 4 rings (SSSR count). The highest BCUT2D eigenvalue weighted by Crippen LogP contribution is 2.37. The Morgan fingerprint density at radius 3 is 2.39 bits per heavy atom. The fraction of sp³-hybridized carbons (Fsp3) is 0.0909. The molecule has 0 unspecified atom stereocenters. The van der Waals surface area contributed by atoms with Gasteiger partial charge in [-0.1, -0.05) is 12.1 Å². The van der Waals surface area contributed by atoms with Crippen LogP contribution in [-0.4, -0.2) is 18.2 Å². The van der Waals surface area contributed by atoms with Crippen LogP contribution in [0, 0.1) is 11.6 Å². The number of benzene rings is 3. The quantitative estimate of drug-likeness (QED) is 0.421. The fourth-order valence-electron chi connectivity index (χ4n) is 3.62. The van der Waals surface area contributed by atoms with E-state index in [-0.39, 0.29) is 11.1 Å². The van der Waals surface area contributed by atoms with Crippen molar-refractivity contribution in [1.82, 2.24) is 0 Å². The average molecular weight is 380 g/mol. The first-order chi connectivity index (χ1) is 13.4. The molecule has 0 atom stereocenters. The Kier molecular flexibility index (Phi) is 4.19. The van der Waals surface area contributed by atoms with Gasteiger partial charge < -0.3 is 9.84 Å². The number of nitrogens with zero attached hydrogens (tertiary/aromatic N) is 1. The maximum Gasteiger partial charge on any atom is 0.337 e. The highest BCUT2D eigenvalue weighted by atomic mass is 19.1. The molecule has 0 aliphatic heterocycles. The number of fused-ring (bicyclic) bond motifs is 2. The molecule has 6 heteroatoms. The Labute approximate surface area is 159 Å². The van der Waals surface area contributed by atoms with E-state index in [1.54, 1.807) is 24.3 Å². The first kappa shape index (κ1) is 17.9. The van der Waals surface area contributed by atoms with Crippen molar-refractivity contribution in [3.05, 3.63) is 71.8 Å². The van der Waals surface area contributed by atoms with E-state index in [2.05, 4.69) is 0 Å². The number of halogens is 2. The summed E-state index contributed by atoms with van der Waals surface area (Å²) in [6.07, 6.45) is 0. The lowest BCUT2D eigenvalue weighted by Gasteiger charge is -2.13. The molecule has 0 saturated carbocycles. The molecule has 1 N–H and O–H groups in total. The van der Waals surface area contributed by atoms with Crippen molar-refractivity contribution in [3.8, 4) is 16.9 Å². The summed E-state index contributed by atoms with van der Waals surface area (Å²) in [5.41, 5.74) is 1.97. The van der Waals surface area contributed by atoms with Crippen molar-refractivity contribution in [2.24, 2.45) is 7.05 Å². The molecule has 0 saturated heterocycles. The van der Waals surface area contributed by atoms with Crippen LogP contribution in [0.25, 0.3) is 32.9 Å². The number of aryl methyl sites for hydroxylation is 1. The molecule has 140 valence electrons. The highest BCUT2D eigenvalue weighted by Gasteiger charge is 2.25. The summed E-state index contributed by atoms with van der Waals surface area (Å²) in [5.74, 6) is -2.16. The van der Waals surface area contributed by atoms with Gasteiger partial charge in [0, 0.05) is 23.3 Å². The molecule has 0 fully saturated rings. The van der Waals surface area contributed by atoms with Crippen LogP contribution in [0.4, 0.5) is 8.78 Å². The lowest BCUT2D eigenvalue weighted by molar-refractivity contribution is -0.617. The minimum absolute atomic E-state index is 0.120. The third-order valence-corrected chi connectivity index (χ3v) is 4.92. The first-order valence-corrected chi connectivity index (χ1v) is 8.53. The molecule has 4 aromatic rings. The predicted molar refractivity (Wildman–Crippen MR) is 101 cm³/mol. The Morgan fingerprint density at radius 2 is 1.71 bits per heavy atom. The van der Waals surface area contributed by atoms with Gasteiger partial charge in [-0.25, -0.2) is 13.6 Å². The minimum Gasteiger partial charge on any atom is -0.496 e. The minimum atomic E-state index is -1.09. The van der Waals surface area contributed by atoms with Gasteiger partial charge in [-0.05, 0) is 24.3 Å². The van der Waals surface area contributed by atoms with E-state index in [1.165, 1.54) is 13.2 Å². The number of ether oxygens (including phenoxy) is 1. The first-order valence-electron chi connectivity index (χ1n) is 8.53. The van der Waals surface area contributed by atoms with E-state index >= 15 is 0 Å². The van der Waals surface area contributed by atoms with Gasteiger partial charge in [0.2, 0.25) is 11.0 Å². The monoisotopic (exact) mass is 380 g/mol. The zero-order valence-electron chi connectivity index (χ0n) is 15.2. The van der Waals surface area contributed by atoms with Crippen molar-refractivity contribution in [2.75, 3.05) is 7.11 Å². The van der Waals surface area contributed by atoms with Crippen LogP contribution in [0.1, 0.15) is 10.4 Å². The summed E-state index contributed by atoms with van der Waals surface area (Å²) in [7, 11) is 3.28. The van der Waals surface area contributed by atoms with Gasteiger partial charge in [-0.2, -0.15) is 4.57 Å². The van der Waals surface area contributed by atoms with E-state index in [0.29, 0.717) is 27.6 Å². The smallest absolute Gasteiger partial charge is 0.337 e. The maximum absolute atomic E-state index is 14.4. The van der Waals surface area contributed by atoms with Gasteiger partial charge in [0.15, 0.2) is 0 Å². The van der Waals surface area contributed by atoms with Crippen LogP contribution in [-0.2, 0) is 7.05 Å². The van der Waals surface area contributed by atoms with Gasteiger partial charge in [0.25, 0.3) is 0 Å². The Balaban J connectivity index is 2.18. The van der Waals surface area contributed by atoms with Crippen LogP contribution in [0.3, 0.4) is 0 Å². The van der Waals surface area contributed by atoms with Crippen LogP contribution < -0.4 is 9.30 Å². The molecule has 0 aliphatic carbocycles. The summed E-state index contributed by atoms with van der Waals surface area (Å²) in [5, 5.41) is 10.9. The molecule has 0 radical (unpaired) electrons. The number of methoxy groups -OCH3 is 1. The molecule has 0 amide bonds. The lowest BCUT2D eigenvalue weighted by Crippen LogP contribution is -2.31. The number of hydrogen-bond acceptors (Lipinski definition) is 2. The van der Waals surface area contributed by atoms with E-state index in [0.717, 1.165) is 17.6 Å². The molecule has 0 spiro atoms. The summed E-state index contributed by atoms with van der Waals surface area (Å²) >= 11 is 0. The van der Waals surface area contributed by atoms with Crippen LogP contribution in [0.15, 0.2) is 54.6 Å². The van der Waals surface area contributed by atoms with Gasteiger partial charge in [0.1, 0.15) is 24.4 Å². The Bertz CT molecular complexity index is 1270. The number of para-hydroxylation sites is 1. The summed E-state index contributed by atoms with van der Waals surface area (Å²) < 4.78 is 35.1. The van der Waals surface area contributed by atoms with Crippen LogP contribution in [0.2, 0.25) is 0 Å². The largest absolute Gasteiger partial charge is 0.496 e. The molecule has 0 bridgehead atoms. The summed E-state index contributed by atoms with van der Waals surface area (Å²) in [6, 6.07) is 13.7. The van der Waals surface area contributed by atoms with E-state index < -0.39 is 17.6 Å². The third kappa shape index (κ3) is 2.65. The molecule has 0 aliphatic rings.